The Morgan fingerprint density at radius 2 is 1.73 bits per heavy atom. The molecule has 5 rings (SSSR count). The molecule has 7 nitrogen and oxygen atoms in total. The lowest BCUT2D eigenvalue weighted by atomic mass is 9.71. The van der Waals surface area contributed by atoms with Crippen LogP contribution < -0.4 is 19.5 Å². The van der Waals surface area contributed by atoms with Crippen LogP contribution in [-0.4, -0.2) is 37.8 Å². The lowest BCUT2D eigenvalue weighted by Crippen LogP contribution is -2.41. The molecule has 7 heteroatoms. The summed E-state index contributed by atoms with van der Waals surface area (Å²) in [6, 6.07) is 9.48. The van der Waals surface area contributed by atoms with Gasteiger partial charge in [-0.1, -0.05) is 18.9 Å². The molecule has 0 aromatic heterocycles. The van der Waals surface area contributed by atoms with E-state index in [2.05, 4.69) is 5.32 Å². The number of benzene rings is 2. The third-order valence-corrected chi connectivity index (χ3v) is 7.83. The van der Waals surface area contributed by atoms with Gasteiger partial charge in [0.25, 0.3) is 5.91 Å². The lowest BCUT2D eigenvalue weighted by molar-refractivity contribution is -0.154. The number of carboxylic acid groups (broad SMARTS) is 1. The van der Waals surface area contributed by atoms with Gasteiger partial charge in [-0.05, 0) is 61.1 Å². The van der Waals surface area contributed by atoms with Gasteiger partial charge < -0.3 is 24.6 Å². The van der Waals surface area contributed by atoms with Gasteiger partial charge in [-0.2, -0.15) is 0 Å². The van der Waals surface area contributed by atoms with Crippen LogP contribution in [0.5, 0.6) is 17.2 Å². The molecule has 2 aromatic rings. The molecule has 2 saturated carbocycles. The highest BCUT2D eigenvalue weighted by molar-refractivity contribution is 5.99. The van der Waals surface area contributed by atoms with Gasteiger partial charge >= 0.3 is 5.97 Å². The third-order valence-electron chi connectivity index (χ3n) is 7.83. The van der Waals surface area contributed by atoms with Crippen molar-refractivity contribution < 1.29 is 28.9 Å². The van der Waals surface area contributed by atoms with Crippen molar-refractivity contribution in [2.24, 2.45) is 10.8 Å². The second kappa shape index (κ2) is 7.97. The van der Waals surface area contributed by atoms with E-state index in [9.17, 15) is 14.7 Å². The van der Waals surface area contributed by atoms with E-state index in [1.54, 1.807) is 14.2 Å². The molecule has 0 radical (unpaired) electrons. The van der Waals surface area contributed by atoms with Crippen LogP contribution in [0.15, 0.2) is 30.3 Å². The third kappa shape index (κ3) is 3.33. The van der Waals surface area contributed by atoms with Crippen molar-refractivity contribution >= 4 is 11.9 Å². The van der Waals surface area contributed by atoms with Gasteiger partial charge in [0.2, 0.25) is 5.75 Å². The Morgan fingerprint density at radius 1 is 1.00 bits per heavy atom. The van der Waals surface area contributed by atoms with Crippen molar-refractivity contribution in [2.75, 3.05) is 20.8 Å². The van der Waals surface area contributed by atoms with E-state index in [1.165, 1.54) is 0 Å². The van der Waals surface area contributed by atoms with Crippen LogP contribution in [0.2, 0.25) is 0 Å². The fourth-order valence-electron chi connectivity index (χ4n) is 5.74. The van der Waals surface area contributed by atoms with Crippen molar-refractivity contribution in [1.82, 2.24) is 5.32 Å². The summed E-state index contributed by atoms with van der Waals surface area (Å²) < 4.78 is 17.7. The average molecular weight is 452 g/mol. The number of carboxylic acids is 1. The Morgan fingerprint density at radius 3 is 2.36 bits per heavy atom. The van der Waals surface area contributed by atoms with Crippen molar-refractivity contribution in [3.8, 4) is 28.4 Å². The molecule has 2 N–H and O–H groups in total. The summed E-state index contributed by atoms with van der Waals surface area (Å²) in [5, 5.41) is 13.0. The molecule has 174 valence electrons. The first kappa shape index (κ1) is 21.6. The fourth-order valence-corrected chi connectivity index (χ4v) is 5.74. The molecule has 0 atom stereocenters. The second-order valence-electron chi connectivity index (χ2n) is 9.40. The summed E-state index contributed by atoms with van der Waals surface area (Å²) in [6.45, 7) is 0.816. The van der Waals surface area contributed by atoms with E-state index in [1.807, 2.05) is 30.3 Å². The van der Waals surface area contributed by atoms with Gasteiger partial charge in [-0.15, -0.1) is 0 Å². The van der Waals surface area contributed by atoms with Gasteiger partial charge in [-0.25, -0.2) is 0 Å². The summed E-state index contributed by atoms with van der Waals surface area (Å²) in [6.07, 6.45) is 5.02. The summed E-state index contributed by atoms with van der Waals surface area (Å²) in [4.78, 5) is 24.3. The Balaban J connectivity index is 1.53. The van der Waals surface area contributed by atoms with Crippen molar-refractivity contribution in [3.63, 3.8) is 0 Å². The van der Waals surface area contributed by atoms with Crippen molar-refractivity contribution in [1.29, 1.82) is 0 Å². The molecular formula is C26H29NO6. The predicted molar refractivity (Wildman–Crippen MR) is 122 cm³/mol. The molecule has 33 heavy (non-hydrogen) atoms. The van der Waals surface area contributed by atoms with E-state index in [0.29, 0.717) is 48.8 Å². The van der Waals surface area contributed by atoms with Gasteiger partial charge in [0.05, 0.1) is 26.2 Å². The minimum atomic E-state index is -0.709. The molecule has 1 heterocycles. The van der Waals surface area contributed by atoms with E-state index >= 15 is 0 Å². The zero-order valence-corrected chi connectivity index (χ0v) is 19.0. The normalized spacial score (nSPS) is 19.5. The molecule has 0 unspecified atom stereocenters. The summed E-state index contributed by atoms with van der Waals surface area (Å²) in [5.41, 5.74) is 2.28. The van der Waals surface area contributed by atoms with Gasteiger partial charge in [0.1, 0.15) is 0 Å². The maximum atomic E-state index is 12.3. The SMILES string of the molecule is COc1ccc(-c2ccc3c(c2)CNC3=O)c(OCC2(C3(C(=O)O)CCCC3)CC2)c1OC. The molecule has 2 aliphatic carbocycles. The van der Waals surface area contributed by atoms with Crippen LogP contribution in [0.4, 0.5) is 0 Å². The molecule has 2 aromatic carbocycles. The van der Waals surface area contributed by atoms with E-state index < -0.39 is 11.4 Å². The zero-order chi connectivity index (χ0) is 23.2. The first-order valence-corrected chi connectivity index (χ1v) is 11.5. The highest BCUT2D eigenvalue weighted by atomic mass is 16.5. The summed E-state index contributed by atoms with van der Waals surface area (Å²) in [7, 11) is 3.15. The van der Waals surface area contributed by atoms with Crippen LogP contribution in [0.25, 0.3) is 11.1 Å². The predicted octanol–water partition coefficient (Wildman–Crippen LogP) is 4.42. The number of nitrogens with one attached hydrogen (secondary N) is 1. The number of carbonyl (C=O) groups excluding carboxylic acids is 1. The van der Waals surface area contributed by atoms with Gasteiger partial charge in [0.15, 0.2) is 11.5 Å². The number of ether oxygens (including phenoxy) is 3. The highest BCUT2D eigenvalue weighted by Gasteiger charge is 2.64. The number of hydrogen-bond donors (Lipinski definition) is 2. The van der Waals surface area contributed by atoms with Gasteiger partial charge in [-0.3, -0.25) is 9.59 Å². The smallest absolute Gasteiger partial charge is 0.310 e. The first-order chi connectivity index (χ1) is 15.9. The minimum Gasteiger partial charge on any atom is -0.493 e. The number of aliphatic carboxylic acids is 1. The maximum Gasteiger partial charge on any atom is 0.310 e. The van der Waals surface area contributed by atoms with Crippen LogP contribution in [0.3, 0.4) is 0 Å². The molecule has 0 bridgehead atoms. The number of hydrogen-bond acceptors (Lipinski definition) is 5. The standard InChI is InChI=1S/C26H29NO6/c1-31-20-8-7-18(16-5-6-19-17(13-16)14-27-23(19)28)21(22(20)32-2)33-15-25(11-12-25)26(24(29)30)9-3-4-10-26/h5-8,13H,3-4,9-12,14-15H2,1-2H3,(H,27,28)(H,29,30). The van der Waals surface area contributed by atoms with Crippen LogP contribution in [0.1, 0.15) is 54.4 Å². The number of fused-ring (bicyclic) bond motifs is 1. The van der Waals surface area contributed by atoms with E-state index in [0.717, 1.165) is 42.4 Å². The van der Waals surface area contributed by atoms with E-state index in [4.69, 9.17) is 14.2 Å². The Labute approximate surface area is 193 Å². The number of rotatable bonds is 8. The number of amides is 1. The molecular weight excluding hydrogens is 422 g/mol. The number of carbonyl (C=O) groups is 2. The monoisotopic (exact) mass is 451 g/mol. The molecule has 0 saturated heterocycles. The second-order valence-corrected chi connectivity index (χ2v) is 9.40. The largest absolute Gasteiger partial charge is 0.493 e. The summed E-state index contributed by atoms with van der Waals surface area (Å²) in [5.74, 6) is 0.810. The quantitative estimate of drug-likeness (QED) is 0.617. The molecule has 0 spiro atoms. The topological polar surface area (TPSA) is 94.1 Å². The van der Waals surface area contributed by atoms with Crippen LogP contribution in [-0.2, 0) is 11.3 Å². The summed E-state index contributed by atoms with van der Waals surface area (Å²) >= 11 is 0. The molecule has 1 amide bonds. The first-order valence-electron chi connectivity index (χ1n) is 11.5. The zero-order valence-electron chi connectivity index (χ0n) is 19.0. The molecule has 3 aliphatic rings. The minimum absolute atomic E-state index is 0.0634. The van der Waals surface area contributed by atoms with Crippen LogP contribution in [0, 0.1) is 10.8 Å². The van der Waals surface area contributed by atoms with E-state index in [-0.39, 0.29) is 11.3 Å². The fraction of sp³-hybridized carbons (Fsp3) is 0.462. The average Bonchev–Trinajstić information content (AvgIpc) is 3.27. The van der Waals surface area contributed by atoms with Gasteiger partial charge in [0, 0.05) is 23.1 Å². The van der Waals surface area contributed by atoms with Crippen molar-refractivity contribution in [2.45, 2.75) is 45.1 Å². The lowest BCUT2D eigenvalue weighted by Gasteiger charge is -2.34. The Kier molecular flexibility index (Phi) is 5.22. The molecule has 1 aliphatic heterocycles. The highest BCUT2D eigenvalue weighted by Crippen LogP contribution is 2.65. The van der Waals surface area contributed by atoms with Crippen LogP contribution >= 0.6 is 0 Å². The molecule has 2 fully saturated rings. The maximum absolute atomic E-state index is 12.3. The Bertz CT molecular complexity index is 1110. The Hall–Kier alpha value is -3.22. The number of methoxy groups -OCH3 is 2. The van der Waals surface area contributed by atoms with Crippen molar-refractivity contribution in [3.05, 3.63) is 41.5 Å².